The van der Waals surface area contributed by atoms with Gasteiger partial charge in [0.2, 0.25) is 0 Å². The van der Waals surface area contributed by atoms with Crippen molar-refractivity contribution in [3.8, 4) is 0 Å². The molecule has 0 aromatic carbocycles. The first-order chi connectivity index (χ1) is 11.1. The Hall–Kier alpha value is -1.80. The molecule has 2 aromatic rings. The molecule has 23 heavy (non-hydrogen) atoms. The fourth-order valence-corrected chi connectivity index (χ4v) is 4.05. The van der Waals surface area contributed by atoms with Crippen LogP contribution in [0.2, 0.25) is 5.02 Å². The number of amides is 1. The summed E-state index contributed by atoms with van der Waals surface area (Å²) in [6.07, 6.45) is 5.54. The maximum Gasteiger partial charge on any atom is 0.267 e. The molecule has 1 saturated heterocycles. The Balaban J connectivity index is 1.55. The topological polar surface area (TPSA) is 73.0 Å². The molecule has 0 radical (unpaired) electrons. The zero-order chi connectivity index (χ0) is 16.0. The third-order valence-electron chi connectivity index (χ3n) is 4.18. The monoisotopic (exact) mass is 351 g/mol. The Labute approximate surface area is 141 Å². The van der Waals surface area contributed by atoms with Gasteiger partial charge < -0.3 is 4.90 Å². The first kappa shape index (κ1) is 14.8. The van der Waals surface area contributed by atoms with Crippen LogP contribution < -0.4 is 5.56 Å². The van der Waals surface area contributed by atoms with E-state index in [2.05, 4.69) is 10.1 Å². The fourth-order valence-electron chi connectivity index (χ4n) is 2.99. The van der Waals surface area contributed by atoms with Crippen LogP contribution in [0.1, 0.15) is 22.8 Å². The highest BCUT2D eigenvalue weighted by Crippen LogP contribution is 2.24. The van der Waals surface area contributed by atoms with Crippen molar-refractivity contribution in [1.82, 2.24) is 24.2 Å². The van der Waals surface area contributed by atoms with Crippen LogP contribution in [0.15, 0.2) is 28.5 Å². The number of carbonyl (C=O) groups excluding carboxylic acids is 1. The summed E-state index contributed by atoms with van der Waals surface area (Å²) in [5, 5.41) is 5.46. The van der Waals surface area contributed by atoms with E-state index in [1.165, 1.54) is 18.0 Å². The van der Waals surface area contributed by atoms with E-state index in [1.54, 1.807) is 26.5 Å². The highest BCUT2D eigenvalue weighted by Gasteiger charge is 2.31. The summed E-state index contributed by atoms with van der Waals surface area (Å²) in [5.41, 5.74) is -0.0917. The molecule has 0 bridgehead atoms. The Kier molecular flexibility index (Phi) is 3.65. The van der Waals surface area contributed by atoms with Crippen molar-refractivity contribution >= 4 is 29.3 Å². The SMILES string of the molecule is O=C(c1cnc2n(c1=O)CCS2)N1CCC(n2cc(Cl)cn2)C1. The lowest BCUT2D eigenvalue weighted by Gasteiger charge is -2.16. The van der Waals surface area contributed by atoms with Crippen molar-refractivity contribution in [2.24, 2.45) is 0 Å². The predicted molar refractivity (Wildman–Crippen MR) is 86.0 cm³/mol. The van der Waals surface area contributed by atoms with Crippen LogP contribution in [0.5, 0.6) is 0 Å². The van der Waals surface area contributed by atoms with E-state index in [0.29, 0.717) is 29.8 Å². The molecule has 2 aromatic heterocycles. The van der Waals surface area contributed by atoms with Gasteiger partial charge in [-0.3, -0.25) is 18.8 Å². The van der Waals surface area contributed by atoms with Gasteiger partial charge in [0.05, 0.1) is 17.3 Å². The van der Waals surface area contributed by atoms with Crippen molar-refractivity contribution < 1.29 is 4.79 Å². The second kappa shape index (κ2) is 5.68. The molecule has 0 aliphatic carbocycles. The van der Waals surface area contributed by atoms with Gasteiger partial charge in [-0.25, -0.2) is 4.98 Å². The number of hydrogen-bond donors (Lipinski definition) is 0. The number of thioether (sulfide) groups is 1. The number of hydrogen-bond acceptors (Lipinski definition) is 5. The Morgan fingerprint density at radius 3 is 3.00 bits per heavy atom. The predicted octanol–water partition coefficient (Wildman–Crippen LogP) is 1.29. The van der Waals surface area contributed by atoms with Gasteiger partial charge in [0.15, 0.2) is 5.16 Å². The van der Waals surface area contributed by atoms with E-state index in [9.17, 15) is 9.59 Å². The van der Waals surface area contributed by atoms with Gasteiger partial charge in [-0.1, -0.05) is 23.4 Å². The van der Waals surface area contributed by atoms with Crippen LogP contribution in [0.3, 0.4) is 0 Å². The normalized spacial score (nSPS) is 20.0. The van der Waals surface area contributed by atoms with Gasteiger partial charge in [-0.2, -0.15) is 5.10 Å². The van der Waals surface area contributed by atoms with E-state index in [1.807, 2.05) is 0 Å². The van der Waals surface area contributed by atoms with Crippen molar-refractivity contribution in [1.29, 1.82) is 0 Å². The molecule has 0 N–H and O–H groups in total. The molecule has 2 aliphatic rings. The molecule has 7 nitrogen and oxygen atoms in total. The summed E-state index contributed by atoms with van der Waals surface area (Å²) in [7, 11) is 0. The van der Waals surface area contributed by atoms with Crippen LogP contribution in [0.4, 0.5) is 0 Å². The van der Waals surface area contributed by atoms with E-state index in [-0.39, 0.29) is 23.1 Å². The first-order valence-electron chi connectivity index (χ1n) is 7.35. The molecule has 1 amide bonds. The summed E-state index contributed by atoms with van der Waals surface area (Å²) < 4.78 is 3.36. The molecule has 0 saturated carbocycles. The Morgan fingerprint density at radius 2 is 2.22 bits per heavy atom. The maximum absolute atomic E-state index is 12.7. The van der Waals surface area contributed by atoms with Gasteiger partial charge in [0, 0.05) is 37.8 Å². The number of likely N-dealkylation sites (tertiary alicyclic amines) is 1. The van der Waals surface area contributed by atoms with E-state index < -0.39 is 0 Å². The van der Waals surface area contributed by atoms with Gasteiger partial charge in [0.25, 0.3) is 11.5 Å². The highest BCUT2D eigenvalue weighted by atomic mass is 35.5. The summed E-state index contributed by atoms with van der Waals surface area (Å²) in [4.78, 5) is 31.0. The lowest BCUT2D eigenvalue weighted by atomic mass is 10.3. The molecule has 2 aliphatic heterocycles. The molecule has 9 heteroatoms. The van der Waals surface area contributed by atoms with E-state index in [0.717, 1.165) is 12.2 Å². The average molecular weight is 352 g/mol. The largest absolute Gasteiger partial charge is 0.336 e. The van der Waals surface area contributed by atoms with Gasteiger partial charge in [-0.05, 0) is 6.42 Å². The zero-order valence-electron chi connectivity index (χ0n) is 12.2. The Bertz CT molecular complexity index is 833. The molecule has 1 atom stereocenters. The number of halogens is 1. The third kappa shape index (κ3) is 2.55. The van der Waals surface area contributed by atoms with E-state index >= 15 is 0 Å². The van der Waals surface area contributed by atoms with Crippen LogP contribution in [0.25, 0.3) is 0 Å². The van der Waals surface area contributed by atoms with Crippen LogP contribution in [-0.4, -0.2) is 49.0 Å². The zero-order valence-corrected chi connectivity index (χ0v) is 13.8. The molecular formula is C14H14ClN5O2S. The molecule has 0 spiro atoms. The maximum atomic E-state index is 12.7. The molecule has 120 valence electrons. The van der Waals surface area contributed by atoms with Crippen molar-refractivity contribution in [2.75, 3.05) is 18.8 Å². The highest BCUT2D eigenvalue weighted by molar-refractivity contribution is 7.99. The van der Waals surface area contributed by atoms with Crippen molar-refractivity contribution in [3.63, 3.8) is 0 Å². The van der Waals surface area contributed by atoms with Gasteiger partial charge in [-0.15, -0.1) is 0 Å². The van der Waals surface area contributed by atoms with Gasteiger partial charge in [0.1, 0.15) is 5.56 Å². The molecule has 4 rings (SSSR count). The van der Waals surface area contributed by atoms with Crippen LogP contribution in [0, 0.1) is 0 Å². The van der Waals surface area contributed by atoms with E-state index in [4.69, 9.17) is 11.6 Å². The summed E-state index contributed by atoms with van der Waals surface area (Å²) >= 11 is 7.43. The second-order valence-electron chi connectivity index (χ2n) is 5.59. The smallest absolute Gasteiger partial charge is 0.267 e. The first-order valence-corrected chi connectivity index (χ1v) is 8.71. The number of carbonyl (C=O) groups is 1. The quantitative estimate of drug-likeness (QED) is 0.762. The van der Waals surface area contributed by atoms with Crippen molar-refractivity contribution in [3.05, 3.63) is 39.5 Å². The molecule has 1 unspecified atom stereocenters. The minimum atomic E-state index is -0.254. The standard InChI is InChI=1S/C14H14ClN5O2S/c15-9-5-17-20(7-9)10-1-2-18(8-10)12(21)11-6-16-14-19(13(11)22)3-4-23-14/h5-7,10H,1-4,8H2. The van der Waals surface area contributed by atoms with Gasteiger partial charge >= 0.3 is 0 Å². The summed E-state index contributed by atoms with van der Waals surface area (Å²) in [6.45, 7) is 1.73. The second-order valence-corrected chi connectivity index (χ2v) is 7.09. The summed E-state index contributed by atoms with van der Waals surface area (Å²) in [5.74, 6) is 0.571. The summed E-state index contributed by atoms with van der Waals surface area (Å²) in [6, 6.07) is 0.0900. The molecule has 4 heterocycles. The molecule has 1 fully saturated rings. The van der Waals surface area contributed by atoms with Crippen LogP contribution in [-0.2, 0) is 6.54 Å². The minimum Gasteiger partial charge on any atom is -0.336 e. The lowest BCUT2D eigenvalue weighted by molar-refractivity contribution is 0.0783. The minimum absolute atomic E-state index is 0.0900. The Morgan fingerprint density at radius 1 is 1.35 bits per heavy atom. The number of fused-ring (bicyclic) bond motifs is 1. The fraction of sp³-hybridized carbons (Fsp3) is 0.429. The third-order valence-corrected chi connectivity index (χ3v) is 5.35. The number of rotatable bonds is 2. The van der Waals surface area contributed by atoms with Crippen molar-refractivity contribution in [2.45, 2.75) is 24.2 Å². The van der Waals surface area contributed by atoms with Crippen LogP contribution >= 0.6 is 23.4 Å². The lowest BCUT2D eigenvalue weighted by Crippen LogP contribution is -2.36. The number of nitrogens with zero attached hydrogens (tertiary/aromatic N) is 5. The average Bonchev–Trinajstić information content (AvgIpc) is 3.26. The molecular weight excluding hydrogens is 338 g/mol. The number of aromatic nitrogens is 4.